The molecule has 1 atom stereocenters. The van der Waals surface area contributed by atoms with Gasteiger partial charge in [-0.3, -0.25) is 14.5 Å². The molecule has 5 N–H and O–H groups in total. The summed E-state index contributed by atoms with van der Waals surface area (Å²) in [5.74, 6) is 6.10. The fourth-order valence-electron chi connectivity index (χ4n) is 5.18. The number of pyridine rings is 1. The minimum atomic E-state index is -0.976. The molecule has 3 rings (SSSR count). The molecule has 1 aromatic heterocycles. The fourth-order valence-corrected chi connectivity index (χ4v) is 5.18. The SMILES string of the molecule is Cc1cc(C)c(CNC(=O)c2cc(C#CCN(C)C)cc(C(C)NC3CCC(NC(=O)O)CC3)c2C)c(=O)[nH]1. The van der Waals surface area contributed by atoms with Gasteiger partial charge in [0.2, 0.25) is 0 Å². The maximum Gasteiger partial charge on any atom is 0.404 e. The van der Waals surface area contributed by atoms with Crippen molar-refractivity contribution in [1.29, 1.82) is 0 Å². The van der Waals surface area contributed by atoms with Crippen molar-refractivity contribution in [2.24, 2.45) is 0 Å². The largest absolute Gasteiger partial charge is 0.465 e. The van der Waals surface area contributed by atoms with Gasteiger partial charge in [-0.15, -0.1) is 0 Å². The number of benzene rings is 1. The van der Waals surface area contributed by atoms with Crippen LogP contribution in [0.5, 0.6) is 0 Å². The quantitative estimate of drug-likeness (QED) is 0.330. The molecule has 210 valence electrons. The Morgan fingerprint density at radius 1 is 1.10 bits per heavy atom. The Morgan fingerprint density at radius 3 is 2.38 bits per heavy atom. The lowest BCUT2D eigenvalue weighted by molar-refractivity contribution is 0.0950. The fraction of sp³-hybridized carbons (Fsp3) is 0.500. The average molecular weight is 536 g/mol. The molecule has 0 spiro atoms. The number of hydrogen-bond acceptors (Lipinski definition) is 5. The molecule has 2 amide bonds. The van der Waals surface area contributed by atoms with Gasteiger partial charge < -0.3 is 26.0 Å². The number of carboxylic acid groups (broad SMARTS) is 1. The van der Waals surface area contributed by atoms with Gasteiger partial charge in [0.25, 0.3) is 11.5 Å². The summed E-state index contributed by atoms with van der Waals surface area (Å²) in [6.07, 6.45) is 2.34. The number of nitrogens with one attached hydrogen (secondary N) is 4. The molecular formula is C30H41N5O4. The second-order valence-corrected chi connectivity index (χ2v) is 10.8. The standard InChI is InChI=1S/C30H41N5O4/c1-18-14-19(2)32-29(37)27(18)17-31-28(36)26-16-22(8-7-13-35(5)6)15-25(20(26)3)21(4)33-23-9-11-24(12-10-23)34-30(38)39/h14-16,21,23-24,33-34H,9-13,17H2,1-6H3,(H,31,36)(H,32,37)(H,38,39). The Hall–Kier alpha value is -3.61. The summed E-state index contributed by atoms with van der Waals surface area (Å²) in [7, 11) is 3.91. The van der Waals surface area contributed by atoms with Crippen LogP contribution in [0.4, 0.5) is 4.79 Å². The number of H-pyrrole nitrogens is 1. The number of hydrogen-bond donors (Lipinski definition) is 5. The zero-order chi connectivity index (χ0) is 28.7. The van der Waals surface area contributed by atoms with Gasteiger partial charge in [0.05, 0.1) is 6.54 Å². The molecule has 39 heavy (non-hydrogen) atoms. The first-order valence-electron chi connectivity index (χ1n) is 13.5. The van der Waals surface area contributed by atoms with E-state index in [2.05, 4.69) is 39.7 Å². The lowest BCUT2D eigenvalue weighted by Gasteiger charge is -2.32. The molecule has 0 radical (unpaired) electrons. The first kappa shape index (κ1) is 29.9. The number of carbonyl (C=O) groups excluding carboxylic acids is 1. The van der Waals surface area contributed by atoms with Crippen LogP contribution in [-0.2, 0) is 6.54 Å². The molecule has 1 aliphatic carbocycles. The Morgan fingerprint density at radius 2 is 1.77 bits per heavy atom. The van der Waals surface area contributed by atoms with Crippen LogP contribution in [0.2, 0.25) is 0 Å². The van der Waals surface area contributed by atoms with Crippen molar-refractivity contribution < 1.29 is 14.7 Å². The molecule has 9 nitrogen and oxygen atoms in total. The highest BCUT2D eigenvalue weighted by atomic mass is 16.4. The molecule has 1 unspecified atom stereocenters. The summed E-state index contributed by atoms with van der Waals surface area (Å²) in [6.45, 7) is 8.45. The summed E-state index contributed by atoms with van der Waals surface area (Å²) < 4.78 is 0. The number of aromatic amines is 1. The van der Waals surface area contributed by atoms with E-state index in [-0.39, 0.29) is 36.1 Å². The van der Waals surface area contributed by atoms with Crippen LogP contribution >= 0.6 is 0 Å². The van der Waals surface area contributed by atoms with Crippen molar-refractivity contribution in [3.8, 4) is 11.8 Å². The van der Waals surface area contributed by atoms with Crippen molar-refractivity contribution in [1.82, 2.24) is 25.8 Å². The summed E-state index contributed by atoms with van der Waals surface area (Å²) in [6, 6.07) is 5.96. The number of aryl methyl sites for hydroxylation is 2. The Kier molecular flexibility index (Phi) is 10.3. The lowest BCUT2D eigenvalue weighted by atomic mass is 9.89. The second kappa shape index (κ2) is 13.5. The molecule has 1 fully saturated rings. The molecule has 0 saturated heterocycles. The van der Waals surface area contributed by atoms with Gasteiger partial charge in [-0.1, -0.05) is 11.8 Å². The molecule has 2 aromatic rings. The highest BCUT2D eigenvalue weighted by Gasteiger charge is 2.25. The zero-order valence-corrected chi connectivity index (χ0v) is 23.8. The smallest absolute Gasteiger partial charge is 0.404 e. The summed E-state index contributed by atoms with van der Waals surface area (Å²) >= 11 is 0. The van der Waals surface area contributed by atoms with Crippen LogP contribution in [0.25, 0.3) is 0 Å². The molecule has 0 aliphatic heterocycles. The number of carbonyl (C=O) groups is 2. The third-order valence-corrected chi connectivity index (χ3v) is 7.25. The molecule has 1 aliphatic rings. The molecule has 1 aromatic carbocycles. The van der Waals surface area contributed by atoms with Crippen LogP contribution in [0.3, 0.4) is 0 Å². The minimum absolute atomic E-state index is 0.00686. The van der Waals surface area contributed by atoms with Crippen LogP contribution in [0.1, 0.15) is 82.5 Å². The van der Waals surface area contributed by atoms with E-state index in [1.807, 2.05) is 58.0 Å². The first-order valence-corrected chi connectivity index (χ1v) is 13.5. The van der Waals surface area contributed by atoms with Crippen molar-refractivity contribution in [2.75, 3.05) is 20.6 Å². The summed E-state index contributed by atoms with van der Waals surface area (Å²) in [5.41, 5.74) is 5.11. The second-order valence-electron chi connectivity index (χ2n) is 10.8. The predicted molar refractivity (Wildman–Crippen MR) is 153 cm³/mol. The third kappa shape index (κ3) is 8.44. The maximum absolute atomic E-state index is 13.4. The van der Waals surface area contributed by atoms with E-state index in [4.69, 9.17) is 5.11 Å². The summed E-state index contributed by atoms with van der Waals surface area (Å²) in [5, 5.41) is 18.2. The van der Waals surface area contributed by atoms with E-state index in [1.165, 1.54) is 0 Å². The Balaban J connectivity index is 1.83. The zero-order valence-electron chi connectivity index (χ0n) is 23.8. The number of aromatic nitrogens is 1. The van der Waals surface area contributed by atoms with Gasteiger partial charge in [0.1, 0.15) is 0 Å². The van der Waals surface area contributed by atoms with Crippen LogP contribution in [-0.4, -0.2) is 59.7 Å². The van der Waals surface area contributed by atoms with Crippen LogP contribution in [0.15, 0.2) is 23.0 Å². The maximum atomic E-state index is 13.4. The van der Waals surface area contributed by atoms with Crippen molar-refractivity contribution >= 4 is 12.0 Å². The minimum Gasteiger partial charge on any atom is -0.465 e. The highest BCUT2D eigenvalue weighted by Crippen LogP contribution is 2.26. The number of amides is 2. The number of rotatable bonds is 8. The molecule has 0 bridgehead atoms. The molecular weight excluding hydrogens is 494 g/mol. The molecule has 1 saturated carbocycles. The highest BCUT2D eigenvalue weighted by molar-refractivity contribution is 5.96. The lowest BCUT2D eigenvalue weighted by Crippen LogP contribution is -2.42. The third-order valence-electron chi connectivity index (χ3n) is 7.25. The monoisotopic (exact) mass is 535 g/mol. The van der Waals surface area contributed by atoms with Crippen molar-refractivity contribution in [3.63, 3.8) is 0 Å². The first-order chi connectivity index (χ1) is 18.4. The van der Waals surface area contributed by atoms with Gasteiger partial charge in [0, 0.05) is 47.1 Å². The van der Waals surface area contributed by atoms with Crippen LogP contribution < -0.4 is 21.5 Å². The summed E-state index contributed by atoms with van der Waals surface area (Å²) in [4.78, 5) is 41.6. The van der Waals surface area contributed by atoms with Gasteiger partial charge in [-0.2, -0.15) is 0 Å². The Bertz CT molecular complexity index is 1310. The average Bonchev–Trinajstić information content (AvgIpc) is 2.84. The van der Waals surface area contributed by atoms with Crippen LogP contribution in [0, 0.1) is 32.6 Å². The normalized spacial score (nSPS) is 17.7. The van der Waals surface area contributed by atoms with Gasteiger partial charge >= 0.3 is 6.09 Å². The van der Waals surface area contributed by atoms with Gasteiger partial charge in [-0.05, 0) is 102 Å². The van der Waals surface area contributed by atoms with E-state index in [0.717, 1.165) is 53.6 Å². The van der Waals surface area contributed by atoms with E-state index in [0.29, 0.717) is 17.7 Å². The predicted octanol–water partition coefficient (Wildman–Crippen LogP) is 3.37. The van der Waals surface area contributed by atoms with E-state index in [9.17, 15) is 14.4 Å². The van der Waals surface area contributed by atoms with E-state index < -0.39 is 6.09 Å². The van der Waals surface area contributed by atoms with E-state index in [1.54, 1.807) is 0 Å². The van der Waals surface area contributed by atoms with Gasteiger partial charge in [-0.25, -0.2) is 4.79 Å². The Labute approximate surface area is 230 Å². The molecule has 1 heterocycles. The topological polar surface area (TPSA) is 127 Å². The van der Waals surface area contributed by atoms with Crippen molar-refractivity contribution in [3.05, 3.63) is 67.6 Å². The molecule has 9 heteroatoms. The van der Waals surface area contributed by atoms with Crippen molar-refractivity contribution in [2.45, 2.75) is 78.0 Å². The number of nitrogens with zero attached hydrogens (tertiary/aromatic N) is 1. The van der Waals surface area contributed by atoms with Gasteiger partial charge in [0.15, 0.2) is 0 Å². The van der Waals surface area contributed by atoms with E-state index >= 15 is 0 Å².